The van der Waals surface area contributed by atoms with Crippen LogP contribution in [0.3, 0.4) is 0 Å². The second kappa shape index (κ2) is 2.35. The van der Waals surface area contributed by atoms with E-state index in [9.17, 15) is 9.18 Å². The number of hydrogen-bond acceptors (Lipinski definition) is 1. The van der Waals surface area contributed by atoms with Gasteiger partial charge in [0.05, 0.1) is 16.1 Å². The van der Waals surface area contributed by atoms with E-state index in [0.29, 0.717) is 11.0 Å². The molecule has 2 N–H and O–H groups in total. The summed E-state index contributed by atoms with van der Waals surface area (Å²) in [5, 5.41) is -0.00208. The average Bonchev–Trinajstić information content (AvgIpc) is 2.30. The zero-order chi connectivity index (χ0) is 8.72. The Morgan fingerprint density at radius 1 is 1.25 bits per heavy atom. The minimum atomic E-state index is -0.542. The van der Waals surface area contributed by atoms with Gasteiger partial charge in [-0.15, -0.1) is 0 Å². The smallest absolute Gasteiger partial charge is 0.306 e. The van der Waals surface area contributed by atoms with Gasteiger partial charge in [0.2, 0.25) is 0 Å². The van der Waals surface area contributed by atoms with Gasteiger partial charge >= 0.3 is 5.69 Å². The molecule has 0 amide bonds. The first-order valence-corrected chi connectivity index (χ1v) is 3.61. The van der Waals surface area contributed by atoms with E-state index in [-0.39, 0.29) is 10.7 Å². The second-order valence-electron chi connectivity index (χ2n) is 2.39. The first kappa shape index (κ1) is 7.36. The lowest BCUT2D eigenvalue weighted by Gasteiger charge is -1.92. The maximum absolute atomic E-state index is 12.8. The van der Waals surface area contributed by atoms with Crippen molar-refractivity contribution in [1.82, 2.24) is 9.97 Å². The van der Waals surface area contributed by atoms with Gasteiger partial charge in [-0.25, -0.2) is 9.18 Å². The largest absolute Gasteiger partial charge is 0.323 e. The van der Waals surface area contributed by atoms with Crippen molar-refractivity contribution in [2.24, 2.45) is 0 Å². The molecular formula is C7H4ClFN2O. The molecule has 62 valence electrons. The number of rotatable bonds is 0. The molecule has 1 heterocycles. The van der Waals surface area contributed by atoms with Gasteiger partial charge in [-0.1, -0.05) is 11.6 Å². The highest BCUT2D eigenvalue weighted by atomic mass is 35.5. The Morgan fingerprint density at radius 3 is 2.50 bits per heavy atom. The molecule has 2 aromatic rings. The van der Waals surface area contributed by atoms with Crippen LogP contribution in [0.15, 0.2) is 16.9 Å². The molecule has 0 radical (unpaired) electrons. The number of aromatic nitrogens is 2. The van der Waals surface area contributed by atoms with Crippen molar-refractivity contribution >= 4 is 22.6 Å². The number of fused-ring (bicyclic) bond motifs is 1. The van der Waals surface area contributed by atoms with Crippen molar-refractivity contribution in [3.05, 3.63) is 33.5 Å². The molecule has 1 aromatic carbocycles. The average molecular weight is 187 g/mol. The first-order valence-electron chi connectivity index (χ1n) is 3.24. The Kier molecular flexibility index (Phi) is 1.44. The van der Waals surface area contributed by atoms with E-state index >= 15 is 0 Å². The predicted molar refractivity (Wildman–Crippen MR) is 43.9 cm³/mol. The van der Waals surface area contributed by atoms with E-state index in [0.717, 1.165) is 0 Å². The SMILES string of the molecule is O=c1[nH]c2cc(F)c(Cl)cc2[nH]1. The van der Waals surface area contributed by atoms with Crippen LogP contribution in [-0.4, -0.2) is 9.97 Å². The summed E-state index contributed by atoms with van der Waals surface area (Å²) >= 11 is 5.49. The minimum Gasteiger partial charge on any atom is -0.306 e. The summed E-state index contributed by atoms with van der Waals surface area (Å²) < 4.78 is 12.8. The van der Waals surface area contributed by atoms with Crippen LogP contribution in [0, 0.1) is 5.82 Å². The van der Waals surface area contributed by atoms with Crippen LogP contribution in [0.2, 0.25) is 5.02 Å². The summed E-state index contributed by atoms with van der Waals surface area (Å²) in [7, 11) is 0. The summed E-state index contributed by atoms with van der Waals surface area (Å²) in [5.74, 6) is -0.542. The molecule has 1 aromatic heterocycles. The van der Waals surface area contributed by atoms with Crippen molar-refractivity contribution < 1.29 is 4.39 Å². The van der Waals surface area contributed by atoms with Crippen LogP contribution in [0.1, 0.15) is 0 Å². The van der Waals surface area contributed by atoms with E-state index in [1.807, 2.05) is 0 Å². The lowest BCUT2D eigenvalue weighted by molar-refractivity contribution is 0.630. The number of hydrogen-bond donors (Lipinski definition) is 2. The van der Waals surface area contributed by atoms with Crippen LogP contribution < -0.4 is 5.69 Å². The van der Waals surface area contributed by atoms with Gasteiger partial charge in [-0.05, 0) is 6.07 Å². The molecule has 0 saturated carbocycles. The zero-order valence-corrected chi connectivity index (χ0v) is 6.57. The highest BCUT2D eigenvalue weighted by Crippen LogP contribution is 2.18. The Hall–Kier alpha value is -1.29. The van der Waals surface area contributed by atoms with Crippen molar-refractivity contribution in [2.75, 3.05) is 0 Å². The van der Waals surface area contributed by atoms with Crippen molar-refractivity contribution in [2.45, 2.75) is 0 Å². The number of aromatic amines is 2. The third-order valence-electron chi connectivity index (χ3n) is 1.56. The normalized spacial score (nSPS) is 10.8. The van der Waals surface area contributed by atoms with E-state index in [1.165, 1.54) is 12.1 Å². The highest BCUT2D eigenvalue weighted by Gasteiger charge is 2.03. The lowest BCUT2D eigenvalue weighted by Crippen LogP contribution is -1.99. The highest BCUT2D eigenvalue weighted by molar-refractivity contribution is 6.31. The van der Waals surface area contributed by atoms with Crippen LogP contribution in [-0.2, 0) is 0 Å². The van der Waals surface area contributed by atoms with Crippen LogP contribution >= 0.6 is 11.6 Å². The third kappa shape index (κ3) is 1.00. The summed E-state index contributed by atoms with van der Waals surface area (Å²) in [6, 6.07) is 2.54. The standard InChI is InChI=1S/C7H4ClFN2O/c8-3-1-5-6(2-4(3)9)11-7(12)10-5/h1-2H,(H2,10,11,12). The quantitative estimate of drug-likeness (QED) is 0.646. The topological polar surface area (TPSA) is 48.6 Å². The fourth-order valence-electron chi connectivity index (χ4n) is 1.03. The van der Waals surface area contributed by atoms with Crippen molar-refractivity contribution in [1.29, 1.82) is 0 Å². The zero-order valence-electron chi connectivity index (χ0n) is 5.82. The predicted octanol–water partition coefficient (Wildman–Crippen LogP) is 1.65. The molecule has 0 aliphatic carbocycles. The molecule has 0 fully saturated rings. The molecule has 5 heteroatoms. The fourth-order valence-corrected chi connectivity index (χ4v) is 1.19. The van der Waals surface area contributed by atoms with Crippen molar-refractivity contribution in [3.8, 4) is 0 Å². The number of benzene rings is 1. The van der Waals surface area contributed by atoms with E-state index in [2.05, 4.69) is 9.97 Å². The Labute approximate surface area is 71.2 Å². The van der Waals surface area contributed by atoms with Gasteiger partial charge in [0, 0.05) is 6.07 Å². The Balaban J connectivity index is 2.92. The fraction of sp³-hybridized carbons (Fsp3) is 0. The number of nitrogens with one attached hydrogen (secondary N) is 2. The second-order valence-corrected chi connectivity index (χ2v) is 2.80. The Bertz CT molecular complexity index is 446. The molecule has 0 spiro atoms. The third-order valence-corrected chi connectivity index (χ3v) is 1.85. The van der Waals surface area contributed by atoms with Crippen molar-refractivity contribution in [3.63, 3.8) is 0 Å². The number of imidazole rings is 1. The Morgan fingerprint density at radius 2 is 1.83 bits per heavy atom. The van der Waals surface area contributed by atoms with E-state index in [1.54, 1.807) is 0 Å². The van der Waals surface area contributed by atoms with Gasteiger partial charge in [0.15, 0.2) is 0 Å². The van der Waals surface area contributed by atoms with Crippen LogP contribution in [0.25, 0.3) is 11.0 Å². The molecule has 3 nitrogen and oxygen atoms in total. The van der Waals surface area contributed by atoms with Gasteiger partial charge in [-0.2, -0.15) is 0 Å². The summed E-state index contributed by atoms with van der Waals surface area (Å²) in [6.45, 7) is 0. The number of halogens is 2. The summed E-state index contributed by atoms with van der Waals surface area (Å²) in [6.07, 6.45) is 0. The minimum absolute atomic E-state index is 0.00208. The summed E-state index contributed by atoms with van der Waals surface area (Å²) in [5.41, 5.74) is 0.556. The van der Waals surface area contributed by atoms with Crippen LogP contribution in [0.5, 0.6) is 0 Å². The molecule has 0 unspecified atom stereocenters. The van der Waals surface area contributed by atoms with Gasteiger partial charge < -0.3 is 9.97 Å². The van der Waals surface area contributed by atoms with Gasteiger partial charge in [0.1, 0.15) is 5.82 Å². The van der Waals surface area contributed by atoms with E-state index in [4.69, 9.17) is 11.6 Å². The molecule has 0 aliphatic heterocycles. The van der Waals surface area contributed by atoms with E-state index < -0.39 is 5.82 Å². The summed E-state index contributed by atoms with van der Waals surface area (Å²) in [4.78, 5) is 15.6. The lowest BCUT2D eigenvalue weighted by atomic mass is 10.3. The maximum atomic E-state index is 12.8. The molecular weight excluding hydrogens is 183 g/mol. The maximum Gasteiger partial charge on any atom is 0.323 e. The molecule has 2 rings (SSSR count). The molecule has 0 atom stereocenters. The van der Waals surface area contributed by atoms with Gasteiger partial charge in [-0.3, -0.25) is 0 Å². The van der Waals surface area contributed by atoms with Gasteiger partial charge in [0.25, 0.3) is 0 Å². The monoisotopic (exact) mass is 186 g/mol. The molecule has 0 aliphatic rings. The number of H-pyrrole nitrogens is 2. The molecule has 0 saturated heterocycles. The molecule has 12 heavy (non-hydrogen) atoms. The first-order chi connectivity index (χ1) is 5.66. The molecule has 0 bridgehead atoms. The van der Waals surface area contributed by atoms with Crippen LogP contribution in [0.4, 0.5) is 4.39 Å².